The topological polar surface area (TPSA) is 70.1 Å². The molecule has 0 radical (unpaired) electrons. The maximum Gasteiger partial charge on any atom is 0.135 e. The van der Waals surface area contributed by atoms with E-state index >= 15 is 0 Å². The van der Waals surface area contributed by atoms with Gasteiger partial charge in [-0.1, -0.05) is 20.8 Å². The lowest BCUT2D eigenvalue weighted by atomic mass is 10.0. The van der Waals surface area contributed by atoms with Crippen LogP contribution in [0.25, 0.3) is 0 Å². The Hall–Kier alpha value is -1.36. The van der Waals surface area contributed by atoms with Crippen molar-refractivity contribution in [2.75, 3.05) is 23.8 Å². The van der Waals surface area contributed by atoms with Crippen molar-refractivity contribution in [3.05, 3.63) is 11.9 Å². The van der Waals surface area contributed by atoms with Crippen LogP contribution in [0.4, 0.5) is 11.6 Å². The smallest absolute Gasteiger partial charge is 0.135 e. The summed E-state index contributed by atoms with van der Waals surface area (Å²) >= 11 is 0. The first-order valence-electron chi connectivity index (χ1n) is 6.60. The van der Waals surface area contributed by atoms with Crippen LogP contribution in [-0.4, -0.2) is 34.3 Å². The lowest BCUT2D eigenvalue weighted by Crippen LogP contribution is -2.24. The van der Waals surface area contributed by atoms with E-state index in [2.05, 4.69) is 34.4 Å². The molecule has 102 valence electrons. The van der Waals surface area contributed by atoms with Crippen molar-refractivity contribution in [3.63, 3.8) is 0 Å². The second-order valence-electron chi connectivity index (χ2n) is 4.60. The number of aromatic nitrogens is 2. The first-order chi connectivity index (χ1) is 8.63. The SMILES string of the molecule is CCNc1ncnc(NC(CC)CO)c1C(C)C. The van der Waals surface area contributed by atoms with Crippen molar-refractivity contribution >= 4 is 11.6 Å². The third-order valence-corrected chi connectivity index (χ3v) is 2.86. The van der Waals surface area contributed by atoms with E-state index in [0.29, 0.717) is 5.92 Å². The molecule has 0 fully saturated rings. The number of aliphatic hydroxyl groups excluding tert-OH is 1. The van der Waals surface area contributed by atoms with E-state index in [4.69, 9.17) is 0 Å². The Balaban J connectivity index is 3.05. The number of nitrogens with one attached hydrogen (secondary N) is 2. The molecule has 0 saturated carbocycles. The molecule has 0 aliphatic rings. The summed E-state index contributed by atoms with van der Waals surface area (Å²) in [5.74, 6) is 2.01. The summed E-state index contributed by atoms with van der Waals surface area (Å²) in [5, 5.41) is 15.8. The van der Waals surface area contributed by atoms with Crippen LogP contribution in [-0.2, 0) is 0 Å². The zero-order valence-electron chi connectivity index (χ0n) is 11.7. The van der Waals surface area contributed by atoms with Crippen molar-refractivity contribution < 1.29 is 5.11 Å². The minimum absolute atomic E-state index is 0.0341. The molecule has 1 rings (SSSR count). The zero-order chi connectivity index (χ0) is 13.5. The maximum absolute atomic E-state index is 9.27. The molecule has 1 aromatic heterocycles. The van der Waals surface area contributed by atoms with E-state index in [1.165, 1.54) is 0 Å². The lowest BCUT2D eigenvalue weighted by molar-refractivity contribution is 0.271. The molecule has 5 nitrogen and oxygen atoms in total. The highest BCUT2D eigenvalue weighted by molar-refractivity contribution is 5.59. The van der Waals surface area contributed by atoms with E-state index < -0.39 is 0 Å². The highest BCUT2D eigenvalue weighted by Crippen LogP contribution is 2.28. The van der Waals surface area contributed by atoms with Gasteiger partial charge in [0.05, 0.1) is 12.6 Å². The summed E-state index contributed by atoms with van der Waals surface area (Å²) in [7, 11) is 0. The van der Waals surface area contributed by atoms with Gasteiger partial charge in [-0.3, -0.25) is 0 Å². The quantitative estimate of drug-likeness (QED) is 0.694. The molecule has 5 heteroatoms. The molecule has 3 N–H and O–H groups in total. The van der Waals surface area contributed by atoms with Gasteiger partial charge in [0.25, 0.3) is 0 Å². The second kappa shape index (κ2) is 7.16. The van der Waals surface area contributed by atoms with Gasteiger partial charge in [-0.15, -0.1) is 0 Å². The highest BCUT2D eigenvalue weighted by atomic mass is 16.3. The van der Waals surface area contributed by atoms with Gasteiger partial charge < -0.3 is 15.7 Å². The molecule has 18 heavy (non-hydrogen) atoms. The number of hydrogen-bond acceptors (Lipinski definition) is 5. The Bertz CT molecular complexity index is 364. The molecule has 0 aromatic carbocycles. The first-order valence-corrected chi connectivity index (χ1v) is 6.60. The zero-order valence-corrected chi connectivity index (χ0v) is 11.7. The molecule has 0 amide bonds. The Kier molecular flexibility index (Phi) is 5.85. The lowest BCUT2D eigenvalue weighted by Gasteiger charge is -2.21. The van der Waals surface area contributed by atoms with Crippen LogP contribution in [0, 0.1) is 0 Å². The predicted molar refractivity (Wildman–Crippen MR) is 75.1 cm³/mol. The van der Waals surface area contributed by atoms with Crippen molar-refractivity contribution in [2.45, 2.75) is 46.1 Å². The highest BCUT2D eigenvalue weighted by Gasteiger charge is 2.16. The fraction of sp³-hybridized carbons (Fsp3) is 0.692. The molecule has 1 heterocycles. The Morgan fingerprint density at radius 1 is 1.22 bits per heavy atom. The minimum Gasteiger partial charge on any atom is -0.394 e. The summed E-state index contributed by atoms with van der Waals surface area (Å²) in [4.78, 5) is 8.59. The van der Waals surface area contributed by atoms with Gasteiger partial charge in [-0.2, -0.15) is 0 Å². The molecule has 0 bridgehead atoms. The average Bonchev–Trinajstić information content (AvgIpc) is 2.36. The normalized spacial score (nSPS) is 12.6. The average molecular weight is 252 g/mol. The Morgan fingerprint density at radius 2 is 1.89 bits per heavy atom. The van der Waals surface area contributed by atoms with Gasteiger partial charge in [0.2, 0.25) is 0 Å². The van der Waals surface area contributed by atoms with Gasteiger partial charge in [0.1, 0.15) is 18.0 Å². The van der Waals surface area contributed by atoms with Gasteiger partial charge in [-0.05, 0) is 19.3 Å². The molecule has 0 aliphatic carbocycles. The largest absolute Gasteiger partial charge is 0.394 e. The van der Waals surface area contributed by atoms with Crippen molar-refractivity contribution in [1.29, 1.82) is 0 Å². The Morgan fingerprint density at radius 3 is 2.39 bits per heavy atom. The van der Waals surface area contributed by atoms with Crippen LogP contribution in [0.5, 0.6) is 0 Å². The van der Waals surface area contributed by atoms with Gasteiger partial charge in [0.15, 0.2) is 0 Å². The van der Waals surface area contributed by atoms with Crippen molar-refractivity contribution in [1.82, 2.24) is 9.97 Å². The third-order valence-electron chi connectivity index (χ3n) is 2.86. The van der Waals surface area contributed by atoms with Gasteiger partial charge >= 0.3 is 0 Å². The molecule has 0 aliphatic heterocycles. The standard InChI is InChI=1S/C13H24N4O/c1-5-10(7-18)17-13-11(9(3)4)12(14-6-2)15-8-16-13/h8-10,18H,5-7H2,1-4H3,(H2,14,15,16,17). The molecular weight excluding hydrogens is 228 g/mol. The van der Waals surface area contributed by atoms with Gasteiger partial charge in [0, 0.05) is 12.1 Å². The maximum atomic E-state index is 9.27. The van der Waals surface area contributed by atoms with Crippen LogP contribution >= 0.6 is 0 Å². The predicted octanol–water partition coefficient (Wildman–Crippen LogP) is 2.21. The van der Waals surface area contributed by atoms with Crippen LogP contribution in [0.15, 0.2) is 6.33 Å². The van der Waals surface area contributed by atoms with Crippen LogP contribution in [0.3, 0.4) is 0 Å². The van der Waals surface area contributed by atoms with Crippen LogP contribution < -0.4 is 10.6 Å². The minimum atomic E-state index is 0.0341. The number of rotatable bonds is 7. The third kappa shape index (κ3) is 3.57. The van der Waals surface area contributed by atoms with Gasteiger partial charge in [-0.25, -0.2) is 9.97 Å². The molecule has 1 unspecified atom stereocenters. The molecule has 1 atom stereocenters. The first kappa shape index (κ1) is 14.7. The molecule has 0 spiro atoms. The van der Waals surface area contributed by atoms with Crippen LogP contribution in [0.1, 0.15) is 45.6 Å². The fourth-order valence-corrected chi connectivity index (χ4v) is 1.84. The molecule has 1 aromatic rings. The molecular formula is C13H24N4O. The number of nitrogens with zero attached hydrogens (tertiary/aromatic N) is 2. The van der Waals surface area contributed by atoms with E-state index in [9.17, 15) is 5.11 Å². The summed E-state index contributed by atoms with van der Waals surface area (Å²) < 4.78 is 0. The molecule has 0 saturated heterocycles. The fourth-order valence-electron chi connectivity index (χ4n) is 1.84. The van der Waals surface area contributed by atoms with E-state index in [-0.39, 0.29) is 12.6 Å². The van der Waals surface area contributed by atoms with E-state index in [1.807, 2.05) is 13.8 Å². The summed E-state index contributed by atoms with van der Waals surface area (Å²) in [6, 6.07) is 0.0341. The van der Waals surface area contributed by atoms with E-state index in [0.717, 1.165) is 30.2 Å². The number of anilines is 2. The van der Waals surface area contributed by atoms with Crippen LogP contribution in [0.2, 0.25) is 0 Å². The van der Waals surface area contributed by atoms with Crippen molar-refractivity contribution in [2.24, 2.45) is 0 Å². The monoisotopic (exact) mass is 252 g/mol. The summed E-state index contributed by atoms with van der Waals surface area (Å²) in [6.07, 6.45) is 2.41. The number of aliphatic hydroxyl groups is 1. The second-order valence-corrected chi connectivity index (χ2v) is 4.60. The van der Waals surface area contributed by atoms with E-state index in [1.54, 1.807) is 6.33 Å². The Labute approximate surface area is 109 Å². The number of hydrogen-bond donors (Lipinski definition) is 3. The van der Waals surface area contributed by atoms with Crippen molar-refractivity contribution in [3.8, 4) is 0 Å². The summed E-state index contributed by atoms with van der Waals surface area (Å²) in [6.45, 7) is 9.24. The summed E-state index contributed by atoms with van der Waals surface area (Å²) in [5.41, 5.74) is 1.08.